The second-order valence-corrected chi connectivity index (χ2v) is 7.97. The number of ether oxygens (including phenoxy) is 3. The van der Waals surface area contributed by atoms with Gasteiger partial charge in [-0.2, -0.15) is 0 Å². The Bertz CT molecular complexity index is 1010. The summed E-state index contributed by atoms with van der Waals surface area (Å²) in [6.45, 7) is 1.56. The Balaban J connectivity index is 1.60. The number of nitrogens with zero attached hydrogens (tertiary/aromatic N) is 1. The Morgan fingerprint density at radius 3 is 2.61 bits per heavy atom. The number of hydrogen-bond donors (Lipinski definition) is 1. The van der Waals surface area contributed by atoms with Crippen molar-refractivity contribution >= 4 is 45.1 Å². The third-order valence-corrected chi connectivity index (χ3v) is 5.44. The number of benzene rings is 2. The first-order chi connectivity index (χ1) is 14.8. The minimum Gasteiger partial charge on any atom is -0.497 e. The zero-order chi connectivity index (χ0) is 22.5. The first-order valence-electron chi connectivity index (χ1n) is 9.57. The molecule has 9 heteroatoms. The van der Waals surface area contributed by atoms with Crippen molar-refractivity contribution in [2.24, 2.45) is 5.92 Å². The quantitative estimate of drug-likeness (QED) is 0.598. The molecule has 164 valence electrons. The Kier molecular flexibility index (Phi) is 7.17. The maximum atomic E-state index is 12.5. The smallest absolute Gasteiger partial charge is 0.311 e. The van der Waals surface area contributed by atoms with Crippen molar-refractivity contribution < 1.29 is 28.6 Å². The van der Waals surface area contributed by atoms with Gasteiger partial charge in [0, 0.05) is 29.2 Å². The van der Waals surface area contributed by atoms with Crippen molar-refractivity contribution in [3.8, 4) is 11.5 Å². The van der Waals surface area contributed by atoms with Crippen LogP contribution in [0, 0.1) is 12.8 Å². The van der Waals surface area contributed by atoms with E-state index in [0.717, 1.165) is 10.0 Å². The molecule has 0 aromatic heterocycles. The van der Waals surface area contributed by atoms with E-state index in [0.29, 0.717) is 22.9 Å². The molecular formula is C22H23BrN2O6. The van der Waals surface area contributed by atoms with Crippen LogP contribution in [0.1, 0.15) is 12.0 Å². The third kappa shape index (κ3) is 5.35. The summed E-state index contributed by atoms with van der Waals surface area (Å²) >= 11 is 3.37. The van der Waals surface area contributed by atoms with Crippen molar-refractivity contribution in [2.45, 2.75) is 13.3 Å². The maximum Gasteiger partial charge on any atom is 0.311 e. The number of halogens is 1. The lowest BCUT2D eigenvalue weighted by molar-refractivity contribution is -0.151. The van der Waals surface area contributed by atoms with Gasteiger partial charge in [-0.3, -0.25) is 14.4 Å². The van der Waals surface area contributed by atoms with Crippen LogP contribution in [-0.2, 0) is 19.1 Å². The van der Waals surface area contributed by atoms with Crippen LogP contribution < -0.4 is 19.7 Å². The number of carbonyl (C=O) groups excluding carboxylic acids is 3. The zero-order valence-electron chi connectivity index (χ0n) is 17.4. The van der Waals surface area contributed by atoms with Crippen LogP contribution in [0.15, 0.2) is 40.9 Å². The van der Waals surface area contributed by atoms with E-state index >= 15 is 0 Å². The zero-order valence-corrected chi connectivity index (χ0v) is 19.0. The van der Waals surface area contributed by atoms with Crippen LogP contribution in [0.2, 0.25) is 0 Å². The fourth-order valence-corrected chi connectivity index (χ4v) is 3.79. The first kappa shape index (κ1) is 22.6. The van der Waals surface area contributed by atoms with Crippen LogP contribution in [0.25, 0.3) is 0 Å². The maximum absolute atomic E-state index is 12.5. The summed E-state index contributed by atoms with van der Waals surface area (Å²) in [6.07, 6.45) is -0.00730. The summed E-state index contributed by atoms with van der Waals surface area (Å²) in [5.74, 6) is -0.897. The molecule has 0 spiro atoms. The molecule has 1 fully saturated rings. The fourth-order valence-electron chi connectivity index (χ4n) is 3.31. The average Bonchev–Trinajstić information content (AvgIpc) is 3.15. The van der Waals surface area contributed by atoms with Gasteiger partial charge < -0.3 is 24.4 Å². The Morgan fingerprint density at radius 2 is 1.94 bits per heavy atom. The summed E-state index contributed by atoms with van der Waals surface area (Å²) in [5, 5.41) is 2.71. The van der Waals surface area contributed by atoms with Crippen LogP contribution in [0.4, 0.5) is 11.4 Å². The van der Waals surface area contributed by atoms with Gasteiger partial charge in [0.15, 0.2) is 6.61 Å². The summed E-state index contributed by atoms with van der Waals surface area (Å²) in [4.78, 5) is 38.6. The molecular weight excluding hydrogens is 468 g/mol. The molecule has 3 rings (SSSR count). The normalized spacial score (nSPS) is 15.5. The van der Waals surface area contributed by atoms with Gasteiger partial charge in [0.1, 0.15) is 11.5 Å². The number of aryl methyl sites for hydroxylation is 1. The molecule has 1 saturated heterocycles. The van der Waals surface area contributed by atoms with E-state index in [1.807, 2.05) is 13.0 Å². The van der Waals surface area contributed by atoms with Crippen molar-refractivity contribution in [1.29, 1.82) is 0 Å². The van der Waals surface area contributed by atoms with Gasteiger partial charge >= 0.3 is 5.97 Å². The molecule has 8 nitrogen and oxygen atoms in total. The van der Waals surface area contributed by atoms with Crippen LogP contribution in [0.5, 0.6) is 11.5 Å². The lowest BCUT2D eigenvalue weighted by Crippen LogP contribution is -2.28. The lowest BCUT2D eigenvalue weighted by atomic mass is 10.1. The predicted octanol–water partition coefficient (Wildman–Crippen LogP) is 3.31. The SMILES string of the molecule is COc1ccc(OC)c(N2C[C@@H](C(=O)OCC(=O)Nc3ccc(Br)cc3C)CC2=O)c1. The number of amides is 2. The van der Waals surface area contributed by atoms with Crippen molar-refractivity contribution in [1.82, 2.24) is 0 Å². The molecule has 2 aromatic rings. The minimum atomic E-state index is -0.675. The van der Waals surface area contributed by atoms with E-state index in [2.05, 4.69) is 21.2 Å². The van der Waals surface area contributed by atoms with Crippen LogP contribution in [-0.4, -0.2) is 45.2 Å². The van der Waals surface area contributed by atoms with Crippen molar-refractivity contribution in [3.63, 3.8) is 0 Å². The molecule has 0 bridgehead atoms. The van der Waals surface area contributed by atoms with E-state index in [9.17, 15) is 14.4 Å². The predicted molar refractivity (Wildman–Crippen MR) is 118 cm³/mol. The third-order valence-electron chi connectivity index (χ3n) is 4.94. The highest BCUT2D eigenvalue weighted by atomic mass is 79.9. The van der Waals surface area contributed by atoms with E-state index in [1.54, 1.807) is 30.3 Å². The molecule has 0 saturated carbocycles. The van der Waals surface area contributed by atoms with E-state index < -0.39 is 24.4 Å². The highest BCUT2D eigenvalue weighted by Gasteiger charge is 2.37. The number of nitrogens with one attached hydrogen (secondary N) is 1. The highest BCUT2D eigenvalue weighted by molar-refractivity contribution is 9.10. The largest absolute Gasteiger partial charge is 0.497 e. The fraction of sp³-hybridized carbons (Fsp3) is 0.318. The molecule has 0 radical (unpaired) electrons. The molecule has 1 aliphatic rings. The molecule has 1 atom stereocenters. The summed E-state index contributed by atoms with van der Waals surface area (Å²) < 4.78 is 16.6. The van der Waals surface area contributed by atoms with Crippen molar-refractivity contribution in [3.05, 3.63) is 46.4 Å². The van der Waals surface area contributed by atoms with Gasteiger partial charge in [0.25, 0.3) is 5.91 Å². The van der Waals surface area contributed by atoms with Gasteiger partial charge in [-0.05, 0) is 42.8 Å². The minimum absolute atomic E-state index is 0.00730. The second-order valence-electron chi connectivity index (χ2n) is 7.06. The number of methoxy groups -OCH3 is 2. The first-order valence-corrected chi connectivity index (χ1v) is 10.4. The van der Waals surface area contributed by atoms with E-state index in [-0.39, 0.29) is 18.9 Å². The topological polar surface area (TPSA) is 94.2 Å². The summed E-state index contributed by atoms with van der Waals surface area (Å²) in [6, 6.07) is 10.5. The Hall–Kier alpha value is -3.07. The van der Waals surface area contributed by atoms with Gasteiger partial charge in [0.2, 0.25) is 5.91 Å². The van der Waals surface area contributed by atoms with Gasteiger partial charge in [-0.25, -0.2) is 0 Å². The average molecular weight is 491 g/mol. The highest BCUT2D eigenvalue weighted by Crippen LogP contribution is 2.36. The van der Waals surface area contributed by atoms with E-state index in [1.165, 1.54) is 19.1 Å². The Labute approximate surface area is 188 Å². The molecule has 0 aliphatic carbocycles. The Morgan fingerprint density at radius 1 is 1.16 bits per heavy atom. The van der Waals surface area contributed by atoms with Crippen LogP contribution >= 0.6 is 15.9 Å². The number of esters is 1. The standard InChI is InChI=1S/C22H23BrN2O6/c1-13-8-15(23)4-6-17(13)24-20(26)12-31-22(28)14-9-21(27)25(11-14)18-10-16(29-2)5-7-19(18)30-3/h4-8,10,14H,9,11-12H2,1-3H3,(H,24,26)/t14-/m0/s1. The second kappa shape index (κ2) is 9.82. The molecule has 1 heterocycles. The molecule has 1 N–H and O–H groups in total. The molecule has 1 aliphatic heterocycles. The molecule has 2 aromatic carbocycles. The number of anilines is 2. The molecule has 31 heavy (non-hydrogen) atoms. The van der Waals surface area contributed by atoms with E-state index in [4.69, 9.17) is 14.2 Å². The van der Waals surface area contributed by atoms with Crippen molar-refractivity contribution in [2.75, 3.05) is 37.6 Å². The monoisotopic (exact) mass is 490 g/mol. The number of carbonyl (C=O) groups is 3. The van der Waals surface area contributed by atoms with Gasteiger partial charge in [-0.15, -0.1) is 0 Å². The van der Waals surface area contributed by atoms with Crippen LogP contribution in [0.3, 0.4) is 0 Å². The lowest BCUT2D eigenvalue weighted by Gasteiger charge is -2.20. The molecule has 2 amide bonds. The number of hydrogen-bond acceptors (Lipinski definition) is 6. The summed E-state index contributed by atoms with van der Waals surface area (Å²) in [7, 11) is 3.03. The molecule has 0 unspecified atom stereocenters. The summed E-state index contributed by atoms with van der Waals surface area (Å²) in [5.41, 5.74) is 2.03. The number of rotatable bonds is 7. The van der Waals surface area contributed by atoms with Gasteiger partial charge in [0.05, 0.1) is 25.8 Å². The van der Waals surface area contributed by atoms with Gasteiger partial charge in [-0.1, -0.05) is 15.9 Å².